The van der Waals surface area contributed by atoms with E-state index >= 15 is 0 Å². The van der Waals surface area contributed by atoms with Gasteiger partial charge < -0.3 is 18.9 Å². The predicted octanol–water partition coefficient (Wildman–Crippen LogP) is 3.28. The average Bonchev–Trinajstić information content (AvgIpc) is 3.40. The van der Waals surface area contributed by atoms with E-state index in [1.165, 1.54) is 12.1 Å². The average molecular weight is 382 g/mol. The summed E-state index contributed by atoms with van der Waals surface area (Å²) >= 11 is 0. The SMILES string of the molecule is Fc1ccc(-c2noc(-c3ccc(N4CCC5(CC4)OCCO5)nc3)n2)cc1. The summed E-state index contributed by atoms with van der Waals surface area (Å²) in [6.45, 7) is 3.03. The predicted molar refractivity (Wildman–Crippen MR) is 99.0 cm³/mol. The Hall–Kier alpha value is -2.84. The third-order valence-electron chi connectivity index (χ3n) is 5.19. The van der Waals surface area contributed by atoms with Crippen LogP contribution in [0.4, 0.5) is 10.2 Å². The fraction of sp³-hybridized carbons (Fsp3) is 0.350. The molecule has 0 unspecified atom stereocenters. The zero-order chi connectivity index (χ0) is 19.0. The number of hydrogen-bond acceptors (Lipinski definition) is 7. The summed E-state index contributed by atoms with van der Waals surface area (Å²) in [5.74, 6) is 0.995. The van der Waals surface area contributed by atoms with Gasteiger partial charge in [0.1, 0.15) is 11.6 Å². The Morgan fingerprint density at radius 1 is 0.929 bits per heavy atom. The molecule has 0 N–H and O–H groups in total. The Morgan fingerprint density at radius 2 is 1.64 bits per heavy atom. The molecule has 7 nitrogen and oxygen atoms in total. The molecule has 2 aromatic heterocycles. The van der Waals surface area contributed by atoms with Gasteiger partial charge >= 0.3 is 0 Å². The molecule has 0 atom stereocenters. The summed E-state index contributed by atoms with van der Waals surface area (Å²) in [5, 5.41) is 3.97. The lowest BCUT2D eigenvalue weighted by molar-refractivity contribution is -0.169. The molecule has 3 aromatic rings. The van der Waals surface area contributed by atoms with Gasteiger partial charge in [-0.05, 0) is 36.4 Å². The molecule has 0 saturated carbocycles. The zero-order valence-electron chi connectivity index (χ0n) is 15.2. The van der Waals surface area contributed by atoms with E-state index in [0.717, 1.165) is 37.3 Å². The normalized spacial score (nSPS) is 18.7. The summed E-state index contributed by atoms with van der Waals surface area (Å²) in [6.07, 6.45) is 3.40. The van der Waals surface area contributed by atoms with Crippen molar-refractivity contribution in [2.45, 2.75) is 18.6 Å². The molecule has 0 radical (unpaired) electrons. The van der Waals surface area contributed by atoms with Gasteiger partial charge in [-0.3, -0.25) is 0 Å². The Kier molecular flexibility index (Phi) is 4.29. The van der Waals surface area contributed by atoms with Crippen molar-refractivity contribution in [2.24, 2.45) is 0 Å². The van der Waals surface area contributed by atoms with Crippen LogP contribution in [0.5, 0.6) is 0 Å². The first-order chi connectivity index (χ1) is 13.7. The van der Waals surface area contributed by atoms with Gasteiger partial charge in [-0.1, -0.05) is 5.16 Å². The van der Waals surface area contributed by atoms with Gasteiger partial charge in [-0.25, -0.2) is 9.37 Å². The number of piperidine rings is 1. The standard InChI is InChI=1S/C20H19FN4O3/c21-16-4-1-14(2-5-16)18-23-19(28-24-18)15-3-6-17(22-13-15)25-9-7-20(8-10-25)26-11-12-27-20/h1-6,13H,7-12H2. The molecule has 2 saturated heterocycles. The van der Waals surface area contributed by atoms with E-state index in [-0.39, 0.29) is 5.82 Å². The van der Waals surface area contributed by atoms with Crippen LogP contribution in [0.3, 0.4) is 0 Å². The number of hydrogen-bond donors (Lipinski definition) is 0. The molecule has 2 fully saturated rings. The maximum Gasteiger partial charge on any atom is 0.259 e. The van der Waals surface area contributed by atoms with Gasteiger partial charge in [0.25, 0.3) is 5.89 Å². The van der Waals surface area contributed by atoms with Crippen molar-refractivity contribution in [3.8, 4) is 22.8 Å². The quantitative estimate of drug-likeness (QED) is 0.688. The van der Waals surface area contributed by atoms with E-state index in [4.69, 9.17) is 14.0 Å². The molecule has 0 bridgehead atoms. The van der Waals surface area contributed by atoms with Crippen LogP contribution in [-0.2, 0) is 9.47 Å². The van der Waals surface area contributed by atoms with Gasteiger partial charge in [0, 0.05) is 37.7 Å². The van der Waals surface area contributed by atoms with E-state index in [2.05, 4.69) is 20.0 Å². The van der Waals surface area contributed by atoms with Crippen LogP contribution >= 0.6 is 0 Å². The molecule has 1 spiro atoms. The van der Waals surface area contributed by atoms with E-state index in [1.54, 1.807) is 18.3 Å². The summed E-state index contributed by atoms with van der Waals surface area (Å²) in [5.41, 5.74) is 1.43. The number of aromatic nitrogens is 3. The molecular formula is C20H19FN4O3. The monoisotopic (exact) mass is 382 g/mol. The minimum absolute atomic E-state index is 0.304. The van der Waals surface area contributed by atoms with Gasteiger partial charge in [0.2, 0.25) is 5.82 Å². The first-order valence-electron chi connectivity index (χ1n) is 9.30. The first-order valence-corrected chi connectivity index (χ1v) is 9.30. The molecule has 0 aliphatic carbocycles. The van der Waals surface area contributed by atoms with Gasteiger partial charge in [-0.15, -0.1) is 0 Å². The van der Waals surface area contributed by atoms with Crippen LogP contribution < -0.4 is 4.90 Å². The number of benzene rings is 1. The molecule has 8 heteroatoms. The minimum Gasteiger partial charge on any atom is -0.356 e. The fourth-order valence-corrected chi connectivity index (χ4v) is 3.62. The van der Waals surface area contributed by atoms with E-state index < -0.39 is 5.79 Å². The van der Waals surface area contributed by atoms with Crippen molar-refractivity contribution < 1.29 is 18.4 Å². The second-order valence-electron chi connectivity index (χ2n) is 6.93. The summed E-state index contributed by atoms with van der Waals surface area (Å²) in [4.78, 5) is 11.2. The Bertz CT molecular complexity index is 942. The van der Waals surface area contributed by atoms with Crippen molar-refractivity contribution in [2.75, 3.05) is 31.2 Å². The fourth-order valence-electron chi connectivity index (χ4n) is 3.62. The largest absolute Gasteiger partial charge is 0.356 e. The van der Waals surface area contributed by atoms with E-state index in [1.807, 2.05) is 12.1 Å². The zero-order valence-corrected chi connectivity index (χ0v) is 15.2. The van der Waals surface area contributed by atoms with Crippen molar-refractivity contribution >= 4 is 5.82 Å². The molecule has 28 heavy (non-hydrogen) atoms. The van der Waals surface area contributed by atoms with Crippen molar-refractivity contribution in [3.63, 3.8) is 0 Å². The molecule has 2 aliphatic rings. The lowest BCUT2D eigenvalue weighted by atomic mass is 10.0. The minimum atomic E-state index is -0.392. The Balaban J connectivity index is 1.28. The van der Waals surface area contributed by atoms with Crippen LogP contribution in [0.2, 0.25) is 0 Å². The molecule has 2 aliphatic heterocycles. The smallest absolute Gasteiger partial charge is 0.259 e. The number of pyridine rings is 1. The topological polar surface area (TPSA) is 73.5 Å². The summed E-state index contributed by atoms with van der Waals surface area (Å²) < 4.78 is 29.9. The van der Waals surface area contributed by atoms with Crippen molar-refractivity contribution in [3.05, 3.63) is 48.4 Å². The summed E-state index contributed by atoms with van der Waals surface area (Å²) in [7, 11) is 0. The van der Waals surface area contributed by atoms with Crippen LogP contribution in [0.1, 0.15) is 12.8 Å². The molecule has 1 aromatic carbocycles. The van der Waals surface area contributed by atoms with Crippen LogP contribution in [0, 0.1) is 5.82 Å². The van der Waals surface area contributed by atoms with E-state index in [9.17, 15) is 4.39 Å². The maximum absolute atomic E-state index is 13.1. The molecule has 144 valence electrons. The van der Waals surface area contributed by atoms with Crippen LogP contribution in [0.25, 0.3) is 22.8 Å². The highest BCUT2D eigenvalue weighted by molar-refractivity contribution is 5.60. The second kappa shape index (κ2) is 6.96. The van der Waals surface area contributed by atoms with Crippen LogP contribution in [0.15, 0.2) is 47.1 Å². The lowest BCUT2D eigenvalue weighted by Crippen LogP contribution is -2.45. The first kappa shape index (κ1) is 17.3. The third-order valence-corrected chi connectivity index (χ3v) is 5.19. The van der Waals surface area contributed by atoms with Crippen molar-refractivity contribution in [1.82, 2.24) is 15.1 Å². The highest BCUT2D eigenvalue weighted by Gasteiger charge is 2.40. The number of anilines is 1. The number of ether oxygens (including phenoxy) is 2. The number of nitrogens with zero attached hydrogens (tertiary/aromatic N) is 4. The van der Waals surface area contributed by atoms with Gasteiger partial charge in [0.15, 0.2) is 5.79 Å². The molecule has 5 rings (SSSR count). The third kappa shape index (κ3) is 3.25. The Morgan fingerprint density at radius 3 is 2.32 bits per heavy atom. The maximum atomic E-state index is 13.1. The molecule has 4 heterocycles. The van der Waals surface area contributed by atoms with Crippen LogP contribution in [-0.4, -0.2) is 47.2 Å². The highest BCUT2D eigenvalue weighted by Crippen LogP contribution is 2.33. The lowest BCUT2D eigenvalue weighted by Gasteiger charge is -2.38. The van der Waals surface area contributed by atoms with Crippen molar-refractivity contribution in [1.29, 1.82) is 0 Å². The van der Waals surface area contributed by atoms with E-state index in [0.29, 0.717) is 30.5 Å². The second-order valence-corrected chi connectivity index (χ2v) is 6.93. The number of halogens is 1. The highest BCUT2D eigenvalue weighted by atomic mass is 19.1. The molecule has 0 amide bonds. The molecular weight excluding hydrogens is 363 g/mol. The van der Waals surface area contributed by atoms with Gasteiger partial charge in [-0.2, -0.15) is 4.98 Å². The summed E-state index contributed by atoms with van der Waals surface area (Å²) in [6, 6.07) is 9.83. The Labute approximate surface area is 161 Å². The number of rotatable bonds is 3. The van der Waals surface area contributed by atoms with Gasteiger partial charge in [0.05, 0.1) is 18.8 Å².